The molecule has 0 atom stereocenters. The van der Waals surface area contributed by atoms with Crippen molar-refractivity contribution in [2.24, 2.45) is 0 Å². The van der Waals surface area contributed by atoms with Crippen LogP contribution in [0, 0.1) is 0 Å². The van der Waals surface area contributed by atoms with Gasteiger partial charge in [-0.15, -0.1) is 0 Å². The molecule has 0 saturated carbocycles. The smallest absolute Gasteiger partial charge is 0.121 e. The third kappa shape index (κ3) is 1.65. The molecule has 1 N–H and O–H groups in total. The van der Waals surface area contributed by atoms with Crippen LogP contribution in [0.1, 0.15) is 6.92 Å². The van der Waals surface area contributed by atoms with Crippen molar-refractivity contribution in [3.8, 4) is 5.75 Å². The van der Waals surface area contributed by atoms with Gasteiger partial charge in [-0.2, -0.15) is 0 Å². The number of hydrogen-bond acceptors (Lipinski definition) is 1. The van der Waals surface area contributed by atoms with Gasteiger partial charge in [0.05, 0.1) is 12.3 Å². The van der Waals surface area contributed by atoms with Gasteiger partial charge in [0.15, 0.2) is 0 Å². The van der Waals surface area contributed by atoms with E-state index in [1.165, 1.54) is 0 Å². The van der Waals surface area contributed by atoms with Gasteiger partial charge in [0.2, 0.25) is 0 Å². The molecule has 1 aromatic rings. The molecule has 1 aromatic carbocycles. The summed E-state index contributed by atoms with van der Waals surface area (Å²) in [4.78, 5) is 0. The normalized spacial score (nSPS) is 9.30. The van der Waals surface area contributed by atoms with Crippen molar-refractivity contribution in [1.82, 2.24) is 5.73 Å². The van der Waals surface area contributed by atoms with Gasteiger partial charge in [-0.05, 0) is 19.1 Å². The van der Waals surface area contributed by atoms with Crippen LogP contribution in [-0.2, 0) is 0 Å². The third-order valence-electron chi connectivity index (χ3n) is 1.15. The topological polar surface area (TPSA) is 33.0 Å². The van der Waals surface area contributed by atoms with Crippen molar-refractivity contribution >= 4 is 5.69 Å². The Morgan fingerprint density at radius 1 is 1.50 bits per heavy atom. The summed E-state index contributed by atoms with van der Waals surface area (Å²) in [5, 5.41) is 0. The Morgan fingerprint density at radius 3 is 2.90 bits per heavy atom. The summed E-state index contributed by atoms with van der Waals surface area (Å²) in [5.41, 5.74) is 7.73. The molecular weight excluding hydrogens is 126 g/mol. The van der Waals surface area contributed by atoms with Gasteiger partial charge in [-0.25, -0.2) is 0 Å². The molecule has 0 aliphatic carbocycles. The lowest BCUT2D eigenvalue weighted by Crippen LogP contribution is -1.90. The standard InChI is InChI=1S/C8H10NO/c1-2-10-8-5-3-4-7(9)6-8/h3-6,9H,2H2,1H3. The molecule has 0 unspecified atom stereocenters. The van der Waals surface area contributed by atoms with E-state index in [0.717, 1.165) is 5.75 Å². The lowest BCUT2D eigenvalue weighted by molar-refractivity contribution is 0.340. The third-order valence-corrected chi connectivity index (χ3v) is 1.15. The van der Waals surface area contributed by atoms with E-state index in [-0.39, 0.29) is 0 Å². The molecule has 0 aromatic heterocycles. The quantitative estimate of drug-likeness (QED) is 0.612. The zero-order chi connectivity index (χ0) is 7.40. The monoisotopic (exact) mass is 136 g/mol. The zero-order valence-corrected chi connectivity index (χ0v) is 5.92. The first kappa shape index (κ1) is 6.93. The van der Waals surface area contributed by atoms with E-state index < -0.39 is 0 Å². The van der Waals surface area contributed by atoms with E-state index in [2.05, 4.69) is 0 Å². The maximum atomic E-state index is 7.23. The fourth-order valence-corrected chi connectivity index (χ4v) is 0.753. The lowest BCUT2D eigenvalue weighted by Gasteiger charge is -2.01. The zero-order valence-electron chi connectivity index (χ0n) is 5.92. The van der Waals surface area contributed by atoms with Crippen LogP contribution in [0.25, 0.3) is 0 Å². The second-order valence-electron chi connectivity index (χ2n) is 1.96. The van der Waals surface area contributed by atoms with Gasteiger partial charge in [0.1, 0.15) is 5.75 Å². The predicted octanol–water partition coefficient (Wildman–Crippen LogP) is 2.00. The van der Waals surface area contributed by atoms with Crippen molar-refractivity contribution in [3.05, 3.63) is 24.3 Å². The second kappa shape index (κ2) is 3.11. The molecule has 0 aliphatic rings. The molecule has 10 heavy (non-hydrogen) atoms. The van der Waals surface area contributed by atoms with E-state index in [4.69, 9.17) is 10.5 Å². The van der Waals surface area contributed by atoms with Crippen molar-refractivity contribution in [2.75, 3.05) is 6.61 Å². The van der Waals surface area contributed by atoms with Crippen LogP contribution in [0.5, 0.6) is 5.75 Å². The van der Waals surface area contributed by atoms with E-state index in [0.29, 0.717) is 12.3 Å². The minimum absolute atomic E-state index is 0.492. The molecule has 0 heterocycles. The fourth-order valence-electron chi connectivity index (χ4n) is 0.753. The first-order chi connectivity index (χ1) is 4.83. The molecule has 0 spiro atoms. The van der Waals surface area contributed by atoms with E-state index in [9.17, 15) is 0 Å². The Morgan fingerprint density at radius 2 is 2.30 bits per heavy atom. The van der Waals surface area contributed by atoms with E-state index in [1.807, 2.05) is 19.1 Å². The predicted molar refractivity (Wildman–Crippen MR) is 40.4 cm³/mol. The van der Waals surface area contributed by atoms with Crippen LogP contribution >= 0.6 is 0 Å². The Bertz CT molecular complexity index is 210. The number of hydrogen-bond donors (Lipinski definition) is 0. The molecule has 1 rings (SSSR count). The Kier molecular flexibility index (Phi) is 2.15. The highest BCUT2D eigenvalue weighted by Gasteiger charge is 1.90. The van der Waals surface area contributed by atoms with Gasteiger partial charge >= 0.3 is 0 Å². The SMILES string of the molecule is CCOc1cccc([NH])c1. The number of benzene rings is 1. The molecule has 0 amide bonds. The largest absolute Gasteiger partial charge is 0.494 e. The summed E-state index contributed by atoms with van der Waals surface area (Å²) >= 11 is 0. The van der Waals surface area contributed by atoms with Crippen molar-refractivity contribution in [1.29, 1.82) is 0 Å². The van der Waals surface area contributed by atoms with Gasteiger partial charge in [-0.1, -0.05) is 6.07 Å². The van der Waals surface area contributed by atoms with Gasteiger partial charge in [0.25, 0.3) is 0 Å². The summed E-state index contributed by atoms with van der Waals surface area (Å²) in [6.45, 7) is 2.58. The molecule has 2 nitrogen and oxygen atoms in total. The van der Waals surface area contributed by atoms with Gasteiger partial charge < -0.3 is 10.5 Å². The van der Waals surface area contributed by atoms with Crippen LogP contribution in [0.2, 0.25) is 0 Å². The summed E-state index contributed by atoms with van der Waals surface area (Å²) in [6, 6.07) is 7.08. The Balaban J connectivity index is 2.75. The minimum atomic E-state index is 0.492. The minimum Gasteiger partial charge on any atom is -0.494 e. The number of nitrogens with one attached hydrogen (secondary N) is 1. The van der Waals surface area contributed by atoms with Crippen LogP contribution in [-0.4, -0.2) is 6.61 Å². The molecule has 53 valence electrons. The number of rotatable bonds is 2. The van der Waals surface area contributed by atoms with E-state index in [1.54, 1.807) is 12.1 Å². The first-order valence-corrected chi connectivity index (χ1v) is 3.27. The molecule has 0 fully saturated rings. The Hall–Kier alpha value is -1.18. The van der Waals surface area contributed by atoms with Crippen LogP contribution < -0.4 is 10.5 Å². The van der Waals surface area contributed by atoms with E-state index >= 15 is 0 Å². The molecule has 0 aliphatic heterocycles. The fraction of sp³-hybridized carbons (Fsp3) is 0.250. The van der Waals surface area contributed by atoms with Crippen LogP contribution in [0.3, 0.4) is 0 Å². The number of ether oxygens (including phenoxy) is 1. The molecular formula is C8H10NO. The van der Waals surface area contributed by atoms with Crippen LogP contribution in [0.15, 0.2) is 24.3 Å². The molecule has 0 saturated heterocycles. The second-order valence-corrected chi connectivity index (χ2v) is 1.96. The van der Waals surface area contributed by atoms with Crippen LogP contribution in [0.4, 0.5) is 5.69 Å². The highest BCUT2D eigenvalue weighted by Crippen LogP contribution is 2.14. The highest BCUT2D eigenvalue weighted by molar-refractivity contribution is 5.40. The van der Waals surface area contributed by atoms with Crippen molar-refractivity contribution < 1.29 is 4.74 Å². The first-order valence-electron chi connectivity index (χ1n) is 3.27. The highest BCUT2D eigenvalue weighted by atomic mass is 16.5. The summed E-state index contributed by atoms with van der Waals surface area (Å²) in [5.74, 6) is 0.773. The Labute approximate surface area is 60.6 Å². The molecule has 1 radical (unpaired) electrons. The van der Waals surface area contributed by atoms with Gasteiger partial charge in [0, 0.05) is 6.07 Å². The molecule has 0 bridgehead atoms. The summed E-state index contributed by atoms with van der Waals surface area (Å²) in [6.07, 6.45) is 0. The summed E-state index contributed by atoms with van der Waals surface area (Å²) < 4.78 is 5.17. The van der Waals surface area contributed by atoms with Crippen molar-refractivity contribution in [3.63, 3.8) is 0 Å². The van der Waals surface area contributed by atoms with Gasteiger partial charge in [-0.3, -0.25) is 0 Å². The average molecular weight is 136 g/mol. The van der Waals surface area contributed by atoms with Crippen molar-refractivity contribution in [2.45, 2.75) is 6.92 Å². The maximum Gasteiger partial charge on any atom is 0.121 e. The maximum absolute atomic E-state index is 7.23. The lowest BCUT2D eigenvalue weighted by atomic mass is 10.3. The summed E-state index contributed by atoms with van der Waals surface area (Å²) in [7, 11) is 0. The molecule has 2 heteroatoms. The average Bonchev–Trinajstić information content (AvgIpc) is 1.88.